The number of nitriles is 1. The largest absolute Gasteiger partial charge is 0.385 e. The molecule has 2 N–H and O–H groups in total. The minimum absolute atomic E-state index is 0.303. The van der Waals surface area contributed by atoms with E-state index in [1.54, 1.807) is 0 Å². The van der Waals surface area contributed by atoms with Crippen molar-refractivity contribution in [1.82, 2.24) is 5.32 Å². The summed E-state index contributed by atoms with van der Waals surface area (Å²) in [6.45, 7) is 6.51. The first-order valence-electron chi connectivity index (χ1n) is 6.59. The van der Waals surface area contributed by atoms with Crippen LogP contribution in [0.25, 0.3) is 0 Å². The average Bonchev–Trinajstić information content (AvgIpc) is 2.39. The summed E-state index contributed by atoms with van der Waals surface area (Å²) < 4.78 is 0. The third kappa shape index (κ3) is 3.02. The molecule has 3 nitrogen and oxygen atoms in total. The molecule has 0 aliphatic carbocycles. The SMILES string of the molecule is CC(C)(C#N)CNCc1cccc2c1NCCC2. The zero-order valence-corrected chi connectivity index (χ0v) is 11.2. The molecular weight excluding hydrogens is 222 g/mol. The van der Waals surface area contributed by atoms with E-state index in [0.29, 0.717) is 6.54 Å². The molecule has 0 saturated heterocycles. The fraction of sp³-hybridized carbons (Fsp3) is 0.533. The van der Waals surface area contributed by atoms with Crippen LogP contribution in [-0.2, 0) is 13.0 Å². The number of hydrogen-bond acceptors (Lipinski definition) is 3. The Bertz CT molecular complexity index is 457. The summed E-state index contributed by atoms with van der Waals surface area (Å²) in [7, 11) is 0. The lowest BCUT2D eigenvalue weighted by atomic mass is 9.95. The van der Waals surface area contributed by atoms with Crippen LogP contribution in [0, 0.1) is 16.7 Å². The van der Waals surface area contributed by atoms with Gasteiger partial charge in [0, 0.05) is 25.3 Å². The molecule has 3 heteroatoms. The normalized spacial score (nSPS) is 14.5. The smallest absolute Gasteiger partial charge is 0.0697 e. The van der Waals surface area contributed by atoms with Crippen LogP contribution in [0.3, 0.4) is 0 Å². The predicted molar refractivity (Wildman–Crippen MR) is 74.4 cm³/mol. The van der Waals surface area contributed by atoms with Gasteiger partial charge >= 0.3 is 0 Å². The Labute approximate surface area is 109 Å². The average molecular weight is 243 g/mol. The summed E-state index contributed by atoms with van der Waals surface area (Å²) in [5.74, 6) is 0. The van der Waals surface area contributed by atoms with Gasteiger partial charge in [0.05, 0.1) is 11.5 Å². The number of nitrogens with zero attached hydrogens (tertiary/aromatic N) is 1. The lowest BCUT2D eigenvalue weighted by Gasteiger charge is -2.22. The van der Waals surface area contributed by atoms with Crippen LogP contribution < -0.4 is 10.6 Å². The molecule has 0 bridgehead atoms. The maximum Gasteiger partial charge on any atom is 0.0697 e. The van der Waals surface area contributed by atoms with Crippen LogP contribution in [0.5, 0.6) is 0 Å². The van der Waals surface area contributed by atoms with Gasteiger partial charge in [-0.2, -0.15) is 5.26 Å². The quantitative estimate of drug-likeness (QED) is 0.854. The Kier molecular flexibility index (Phi) is 3.88. The summed E-state index contributed by atoms with van der Waals surface area (Å²) in [6.07, 6.45) is 2.38. The van der Waals surface area contributed by atoms with Crippen LogP contribution in [0.2, 0.25) is 0 Å². The van der Waals surface area contributed by atoms with Gasteiger partial charge in [0.15, 0.2) is 0 Å². The molecule has 96 valence electrons. The number of fused-ring (bicyclic) bond motifs is 1. The molecular formula is C15H21N3. The van der Waals surface area contributed by atoms with E-state index >= 15 is 0 Å². The Morgan fingerprint density at radius 2 is 2.28 bits per heavy atom. The first kappa shape index (κ1) is 12.9. The Balaban J connectivity index is 2.00. The third-order valence-electron chi connectivity index (χ3n) is 3.35. The maximum atomic E-state index is 8.98. The molecule has 18 heavy (non-hydrogen) atoms. The van der Waals surface area contributed by atoms with Crippen molar-refractivity contribution in [3.63, 3.8) is 0 Å². The molecule has 1 aromatic carbocycles. The molecule has 0 aromatic heterocycles. The Hall–Kier alpha value is -1.53. The van der Waals surface area contributed by atoms with Gasteiger partial charge in [0.1, 0.15) is 0 Å². The van der Waals surface area contributed by atoms with Gasteiger partial charge < -0.3 is 10.6 Å². The number of nitrogens with one attached hydrogen (secondary N) is 2. The van der Waals surface area contributed by atoms with E-state index in [0.717, 1.165) is 13.1 Å². The van der Waals surface area contributed by atoms with Crippen molar-refractivity contribution in [3.8, 4) is 6.07 Å². The zero-order valence-electron chi connectivity index (χ0n) is 11.2. The number of hydrogen-bond donors (Lipinski definition) is 2. The van der Waals surface area contributed by atoms with E-state index in [2.05, 4.69) is 34.9 Å². The highest BCUT2D eigenvalue weighted by Gasteiger charge is 2.17. The summed E-state index contributed by atoms with van der Waals surface area (Å²) in [4.78, 5) is 0. The lowest BCUT2D eigenvalue weighted by Crippen LogP contribution is -2.28. The minimum Gasteiger partial charge on any atom is -0.385 e. The predicted octanol–water partition coefficient (Wildman–Crippen LogP) is 2.68. The Morgan fingerprint density at radius 1 is 1.44 bits per heavy atom. The topological polar surface area (TPSA) is 47.9 Å². The second-order valence-corrected chi connectivity index (χ2v) is 5.58. The second kappa shape index (κ2) is 5.41. The Morgan fingerprint density at radius 3 is 3.06 bits per heavy atom. The van der Waals surface area contributed by atoms with Gasteiger partial charge in [-0.05, 0) is 37.8 Å². The van der Waals surface area contributed by atoms with Crippen molar-refractivity contribution in [2.45, 2.75) is 33.2 Å². The molecule has 0 fully saturated rings. The zero-order chi connectivity index (χ0) is 13.0. The molecule has 0 saturated carbocycles. The molecule has 0 unspecified atom stereocenters. The maximum absolute atomic E-state index is 8.98. The van der Waals surface area contributed by atoms with Gasteiger partial charge in [0.2, 0.25) is 0 Å². The molecule has 0 amide bonds. The first-order valence-corrected chi connectivity index (χ1v) is 6.59. The standard InChI is InChI=1S/C15H21N3/c1-15(2,10-16)11-17-9-13-6-3-5-12-7-4-8-18-14(12)13/h3,5-6,17-18H,4,7-9,11H2,1-2H3. The molecule has 2 rings (SSSR count). The van der Waals surface area contributed by atoms with Gasteiger partial charge in [-0.25, -0.2) is 0 Å². The van der Waals surface area contributed by atoms with E-state index in [9.17, 15) is 0 Å². The lowest BCUT2D eigenvalue weighted by molar-refractivity contribution is 0.445. The summed E-state index contributed by atoms with van der Waals surface area (Å²) in [5.41, 5.74) is 3.72. The molecule has 1 aromatic rings. The molecule has 0 atom stereocenters. The molecule has 0 radical (unpaired) electrons. The molecule has 0 spiro atoms. The fourth-order valence-corrected chi connectivity index (χ4v) is 2.28. The van der Waals surface area contributed by atoms with Crippen molar-refractivity contribution in [2.75, 3.05) is 18.4 Å². The van der Waals surface area contributed by atoms with Crippen LogP contribution >= 0.6 is 0 Å². The van der Waals surface area contributed by atoms with E-state index in [1.807, 2.05) is 13.8 Å². The van der Waals surface area contributed by atoms with Gasteiger partial charge in [-0.1, -0.05) is 18.2 Å². The van der Waals surface area contributed by atoms with Gasteiger partial charge in [-0.15, -0.1) is 0 Å². The van der Waals surface area contributed by atoms with E-state index in [-0.39, 0.29) is 5.41 Å². The number of benzene rings is 1. The van der Waals surface area contributed by atoms with Crippen LogP contribution in [0.1, 0.15) is 31.4 Å². The van der Waals surface area contributed by atoms with Crippen LogP contribution in [0.15, 0.2) is 18.2 Å². The number of anilines is 1. The van der Waals surface area contributed by atoms with Gasteiger partial charge in [-0.3, -0.25) is 0 Å². The van der Waals surface area contributed by atoms with E-state index in [1.165, 1.54) is 29.7 Å². The third-order valence-corrected chi connectivity index (χ3v) is 3.35. The molecule has 1 heterocycles. The first-order chi connectivity index (χ1) is 8.62. The molecule has 1 aliphatic heterocycles. The van der Waals surface area contributed by atoms with E-state index < -0.39 is 0 Å². The van der Waals surface area contributed by atoms with Crippen molar-refractivity contribution in [1.29, 1.82) is 5.26 Å². The number of aryl methyl sites for hydroxylation is 1. The van der Waals surface area contributed by atoms with Crippen molar-refractivity contribution < 1.29 is 0 Å². The number of rotatable bonds is 4. The monoisotopic (exact) mass is 243 g/mol. The minimum atomic E-state index is -0.303. The van der Waals surface area contributed by atoms with Crippen LogP contribution in [-0.4, -0.2) is 13.1 Å². The van der Waals surface area contributed by atoms with Gasteiger partial charge in [0.25, 0.3) is 0 Å². The summed E-state index contributed by atoms with van der Waals surface area (Å²) >= 11 is 0. The van der Waals surface area contributed by atoms with Crippen LogP contribution in [0.4, 0.5) is 5.69 Å². The van der Waals surface area contributed by atoms with E-state index in [4.69, 9.17) is 5.26 Å². The fourth-order valence-electron chi connectivity index (χ4n) is 2.28. The summed E-state index contributed by atoms with van der Waals surface area (Å²) in [6, 6.07) is 8.79. The number of para-hydroxylation sites is 1. The highest BCUT2D eigenvalue weighted by molar-refractivity contribution is 5.59. The van der Waals surface area contributed by atoms with Crippen molar-refractivity contribution in [2.24, 2.45) is 5.41 Å². The summed E-state index contributed by atoms with van der Waals surface area (Å²) in [5, 5.41) is 15.8. The second-order valence-electron chi connectivity index (χ2n) is 5.58. The highest BCUT2D eigenvalue weighted by atomic mass is 14.9. The van der Waals surface area contributed by atoms with Crippen molar-refractivity contribution >= 4 is 5.69 Å². The van der Waals surface area contributed by atoms with Crippen molar-refractivity contribution in [3.05, 3.63) is 29.3 Å². The highest BCUT2D eigenvalue weighted by Crippen LogP contribution is 2.26. The molecule has 1 aliphatic rings.